The van der Waals surface area contributed by atoms with Gasteiger partial charge < -0.3 is 11.5 Å². The summed E-state index contributed by atoms with van der Waals surface area (Å²) in [6.07, 6.45) is 6.13. The fourth-order valence-corrected chi connectivity index (χ4v) is 2.66. The van der Waals surface area contributed by atoms with Crippen molar-refractivity contribution < 1.29 is 0 Å². The van der Waals surface area contributed by atoms with Gasteiger partial charge in [-0.1, -0.05) is 6.08 Å². The molecular weight excluding hydrogens is 260 g/mol. The number of benzene rings is 1. The molecule has 4 heteroatoms. The van der Waals surface area contributed by atoms with Gasteiger partial charge >= 0.3 is 0 Å². The van der Waals surface area contributed by atoms with E-state index in [2.05, 4.69) is 11.1 Å². The maximum atomic E-state index is 6.13. The van der Waals surface area contributed by atoms with Gasteiger partial charge in [0.15, 0.2) is 0 Å². The zero-order valence-electron chi connectivity index (χ0n) is 12.5. The van der Waals surface area contributed by atoms with Crippen LogP contribution in [0.2, 0.25) is 0 Å². The largest absolute Gasteiger partial charge is 0.399 e. The molecular formula is C17H20N4. The Kier molecular flexibility index (Phi) is 3.37. The standard InChI is InChI=1S/C17H20N4/c1-10-11(2)15(8-7-13(10)18)21-17-14(19)6-5-12-4-3-9-20-16(12)17/h5-8H,3-4,9,18-19H2,1-2H3. The molecule has 1 aliphatic carbocycles. The Bertz CT molecular complexity index is 721. The highest BCUT2D eigenvalue weighted by Crippen LogP contribution is 2.28. The smallest absolute Gasteiger partial charge is 0.112 e. The lowest BCUT2D eigenvalue weighted by atomic mass is 9.92. The molecule has 0 radical (unpaired) electrons. The van der Waals surface area contributed by atoms with Crippen LogP contribution in [0, 0.1) is 13.8 Å². The number of hydrogen-bond donors (Lipinski definition) is 2. The van der Waals surface area contributed by atoms with Gasteiger partial charge in [0.2, 0.25) is 0 Å². The van der Waals surface area contributed by atoms with E-state index in [9.17, 15) is 0 Å². The van der Waals surface area contributed by atoms with E-state index < -0.39 is 0 Å². The zero-order valence-corrected chi connectivity index (χ0v) is 12.5. The van der Waals surface area contributed by atoms with Crippen LogP contribution >= 0.6 is 0 Å². The monoisotopic (exact) mass is 280 g/mol. The second-order valence-electron chi connectivity index (χ2n) is 5.53. The molecule has 1 aliphatic heterocycles. The number of allylic oxidation sites excluding steroid dienone is 4. The van der Waals surface area contributed by atoms with Gasteiger partial charge in [0.25, 0.3) is 0 Å². The van der Waals surface area contributed by atoms with Gasteiger partial charge in [-0.2, -0.15) is 0 Å². The lowest BCUT2D eigenvalue weighted by Crippen LogP contribution is -2.28. The second-order valence-corrected chi connectivity index (χ2v) is 5.53. The van der Waals surface area contributed by atoms with E-state index in [1.54, 1.807) is 0 Å². The quantitative estimate of drug-likeness (QED) is 0.613. The highest BCUT2D eigenvalue weighted by Gasteiger charge is 2.22. The third-order valence-corrected chi connectivity index (χ3v) is 4.17. The third kappa shape index (κ3) is 2.37. The van der Waals surface area contributed by atoms with Crippen LogP contribution in [-0.4, -0.2) is 18.0 Å². The van der Waals surface area contributed by atoms with Crippen molar-refractivity contribution in [3.8, 4) is 0 Å². The lowest BCUT2D eigenvalue weighted by molar-refractivity contribution is 0.817. The highest BCUT2D eigenvalue weighted by atomic mass is 14.9. The van der Waals surface area contributed by atoms with Crippen molar-refractivity contribution in [3.63, 3.8) is 0 Å². The molecule has 4 N–H and O–H groups in total. The Balaban J connectivity index is 2.11. The van der Waals surface area contributed by atoms with Crippen LogP contribution in [0.5, 0.6) is 0 Å². The average molecular weight is 280 g/mol. The first kappa shape index (κ1) is 13.6. The summed E-state index contributed by atoms with van der Waals surface area (Å²) in [4.78, 5) is 9.40. The fraction of sp³-hybridized carbons (Fsp3) is 0.294. The molecule has 108 valence electrons. The van der Waals surface area contributed by atoms with Crippen LogP contribution in [0.1, 0.15) is 24.0 Å². The SMILES string of the molecule is Cc1c(N)ccc(N=C2C(N)=CC=C3CCCN=C32)c1C. The van der Waals surface area contributed by atoms with Crippen LogP contribution in [0.15, 0.2) is 45.5 Å². The van der Waals surface area contributed by atoms with Crippen molar-refractivity contribution in [2.75, 3.05) is 12.3 Å². The van der Waals surface area contributed by atoms with E-state index in [1.165, 1.54) is 5.57 Å². The predicted molar refractivity (Wildman–Crippen MR) is 89.3 cm³/mol. The molecule has 1 aromatic carbocycles. The summed E-state index contributed by atoms with van der Waals surface area (Å²) in [6, 6.07) is 3.84. The van der Waals surface area contributed by atoms with Gasteiger partial charge in [-0.05, 0) is 61.6 Å². The number of aliphatic imine (C=N–C) groups is 2. The van der Waals surface area contributed by atoms with Crippen molar-refractivity contribution in [1.29, 1.82) is 0 Å². The van der Waals surface area contributed by atoms with E-state index in [-0.39, 0.29) is 0 Å². The second kappa shape index (κ2) is 5.20. The van der Waals surface area contributed by atoms with Crippen LogP contribution in [-0.2, 0) is 0 Å². The summed E-state index contributed by atoms with van der Waals surface area (Å²) in [5.41, 5.74) is 19.6. The molecule has 0 atom stereocenters. The zero-order chi connectivity index (χ0) is 15.0. The maximum absolute atomic E-state index is 6.13. The van der Waals surface area contributed by atoms with Gasteiger partial charge in [-0.25, -0.2) is 4.99 Å². The Hall–Kier alpha value is -2.36. The predicted octanol–water partition coefficient (Wildman–Crippen LogP) is 2.98. The van der Waals surface area contributed by atoms with Crippen molar-refractivity contribution in [3.05, 3.63) is 46.7 Å². The Labute approximate surface area is 125 Å². The van der Waals surface area contributed by atoms with Crippen LogP contribution in [0.25, 0.3) is 0 Å². The number of hydrogen-bond acceptors (Lipinski definition) is 4. The molecule has 0 amide bonds. The van der Waals surface area contributed by atoms with E-state index in [4.69, 9.17) is 16.5 Å². The first-order valence-electron chi connectivity index (χ1n) is 7.24. The first-order chi connectivity index (χ1) is 10.1. The topological polar surface area (TPSA) is 76.8 Å². The molecule has 0 saturated heterocycles. The number of nitrogens with two attached hydrogens (primary N) is 2. The highest BCUT2D eigenvalue weighted by molar-refractivity contribution is 6.54. The molecule has 2 aliphatic rings. The van der Waals surface area contributed by atoms with Crippen molar-refractivity contribution in [2.45, 2.75) is 26.7 Å². The molecule has 1 heterocycles. The van der Waals surface area contributed by atoms with Crippen molar-refractivity contribution in [2.24, 2.45) is 15.7 Å². The molecule has 4 nitrogen and oxygen atoms in total. The van der Waals surface area contributed by atoms with Crippen molar-refractivity contribution in [1.82, 2.24) is 0 Å². The minimum atomic E-state index is 0.674. The number of rotatable bonds is 1. The molecule has 0 unspecified atom stereocenters. The number of anilines is 1. The fourth-order valence-electron chi connectivity index (χ4n) is 2.66. The summed E-state index contributed by atoms with van der Waals surface area (Å²) >= 11 is 0. The average Bonchev–Trinajstić information content (AvgIpc) is 2.50. The molecule has 0 spiro atoms. The van der Waals surface area contributed by atoms with Crippen LogP contribution < -0.4 is 11.5 Å². The Morgan fingerprint density at radius 2 is 1.90 bits per heavy atom. The van der Waals surface area contributed by atoms with E-state index in [0.717, 1.165) is 53.3 Å². The van der Waals surface area contributed by atoms with Crippen LogP contribution in [0.3, 0.4) is 0 Å². The van der Waals surface area contributed by atoms with Gasteiger partial charge in [-0.15, -0.1) is 0 Å². The molecule has 0 aromatic heterocycles. The minimum absolute atomic E-state index is 0.674. The summed E-state index contributed by atoms with van der Waals surface area (Å²) in [5.74, 6) is 0. The molecule has 3 rings (SSSR count). The van der Waals surface area contributed by atoms with Gasteiger partial charge in [0.05, 0.1) is 17.1 Å². The van der Waals surface area contributed by atoms with Crippen molar-refractivity contribution >= 4 is 22.8 Å². The Morgan fingerprint density at radius 3 is 2.71 bits per heavy atom. The molecule has 21 heavy (non-hydrogen) atoms. The lowest BCUT2D eigenvalue weighted by Gasteiger charge is -2.21. The summed E-state index contributed by atoms with van der Waals surface area (Å²) in [7, 11) is 0. The maximum Gasteiger partial charge on any atom is 0.112 e. The van der Waals surface area contributed by atoms with Gasteiger partial charge in [0, 0.05) is 12.2 Å². The van der Waals surface area contributed by atoms with E-state index in [0.29, 0.717) is 5.70 Å². The third-order valence-electron chi connectivity index (χ3n) is 4.17. The number of nitrogens with zero attached hydrogens (tertiary/aromatic N) is 2. The molecule has 0 bridgehead atoms. The summed E-state index contributed by atoms with van der Waals surface area (Å²) in [5, 5.41) is 0. The Morgan fingerprint density at radius 1 is 1.10 bits per heavy atom. The summed E-state index contributed by atoms with van der Waals surface area (Å²) in [6.45, 7) is 4.89. The van der Waals surface area contributed by atoms with E-state index in [1.807, 2.05) is 32.1 Å². The molecule has 0 saturated carbocycles. The van der Waals surface area contributed by atoms with E-state index >= 15 is 0 Å². The number of fused-ring (bicyclic) bond motifs is 1. The molecule has 0 fully saturated rings. The number of nitrogen functional groups attached to an aromatic ring is 1. The van der Waals surface area contributed by atoms with Gasteiger partial charge in [0.1, 0.15) is 5.71 Å². The minimum Gasteiger partial charge on any atom is -0.399 e. The van der Waals surface area contributed by atoms with Crippen LogP contribution in [0.4, 0.5) is 11.4 Å². The van der Waals surface area contributed by atoms with Gasteiger partial charge in [-0.3, -0.25) is 4.99 Å². The molecule has 1 aromatic rings. The summed E-state index contributed by atoms with van der Waals surface area (Å²) < 4.78 is 0. The first-order valence-corrected chi connectivity index (χ1v) is 7.24. The normalized spacial score (nSPS) is 19.7.